The van der Waals surface area contributed by atoms with Gasteiger partial charge in [-0.05, 0) is 43.3 Å². The van der Waals surface area contributed by atoms with Crippen molar-refractivity contribution >= 4 is 21.5 Å². The molecule has 0 bridgehead atoms. The summed E-state index contributed by atoms with van der Waals surface area (Å²) >= 11 is 0. The van der Waals surface area contributed by atoms with E-state index in [9.17, 15) is 18.0 Å². The Balaban J connectivity index is 1.65. The predicted molar refractivity (Wildman–Crippen MR) is 104 cm³/mol. The van der Waals surface area contributed by atoms with E-state index in [4.69, 9.17) is 0 Å². The first-order valence-electron chi connectivity index (χ1n) is 9.48. The Morgan fingerprint density at radius 3 is 2.36 bits per heavy atom. The maximum atomic E-state index is 13.0. The summed E-state index contributed by atoms with van der Waals surface area (Å²) < 4.78 is 26.0. The third kappa shape index (κ3) is 3.04. The lowest BCUT2D eigenvalue weighted by molar-refractivity contribution is 0.0637. The molecule has 0 saturated carbocycles. The van der Waals surface area contributed by atoms with E-state index in [2.05, 4.69) is 11.8 Å². The van der Waals surface area contributed by atoms with E-state index in [1.807, 2.05) is 0 Å². The number of fused-ring (bicyclic) bond motifs is 2. The van der Waals surface area contributed by atoms with E-state index >= 15 is 0 Å². The van der Waals surface area contributed by atoms with Crippen LogP contribution in [-0.2, 0) is 9.84 Å². The highest BCUT2D eigenvalue weighted by Gasteiger charge is 2.35. The summed E-state index contributed by atoms with van der Waals surface area (Å²) in [5.74, 6) is -0.520. The van der Waals surface area contributed by atoms with Crippen LogP contribution in [0.25, 0.3) is 0 Å². The summed E-state index contributed by atoms with van der Waals surface area (Å²) in [4.78, 5) is 29.6. The quantitative estimate of drug-likeness (QED) is 0.676. The standard InChI is InChI=1S/C21H22N2O4S/c1-2-9-22-10-12-23(13-11-22)21(25)15-7-8-17-19(14-15)28(26,27)18-6-4-3-5-16(18)20(17)24/h3-8,14H,2,9-13H2,1H3. The van der Waals surface area contributed by atoms with E-state index in [1.165, 1.54) is 24.3 Å². The number of carbonyl (C=O) groups is 2. The largest absolute Gasteiger partial charge is 0.336 e. The smallest absolute Gasteiger partial charge is 0.253 e. The molecule has 4 rings (SSSR count). The summed E-state index contributed by atoms with van der Waals surface area (Å²) in [6.07, 6.45) is 1.08. The maximum Gasteiger partial charge on any atom is 0.253 e. The summed E-state index contributed by atoms with van der Waals surface area (Å²) in [5, 5.41) is 0. The zero-order valence-corrected chi connectivity index (χ0v) is 16.5. The highest BCUT2D eigenvalue weighted by molar-refractivity contribution is 7.91. The minimum Gasteiger partial charge on any atom is -0.336 e. The van der Waals surface area contributed by atoms with Crippen molar-refractivity contribution in [3.05, 3.63) is 59.2 Å². The normalized spacial score (nSPS) is 18.5. The summed E-state index contributed by atoms with van der Waals surface area (Å²) in [7, 11) is -3.84. The molecule has 0 radical (unpaired) electrons. The van der Waals surface area contributed by atoms with Crippen LogP contribution in [0, 0.1) is 0 Å². The summed E-state index contributed by atoms with van der Waals surface area (Å²) in [6, 6.07) is 10.6. The van der Waals surface area contributed by atoms with Gasteiger partial charge in [0.1, 0.15) is 0 Å². The second-order valence-corrected chi connectivity index (χ2v) is 9.06. The van der Waals surface area contributed by atoms with Crippen LogP contribution in [0.5, 0.6) is 0 Å². The van der Waals surface area contributed by atoms with Gasteiger partial charge >= 0.3 is 0 Å². The molecule has 0 N–H and O–H groups in total. The number of ketones is 1. The number of sulfone groups is 1. The lowest BCUT2D eigenvalue weighted by Crippen LogP contribution is -2.48. The van der Waals surface area contributed by atoms with Crippen molar-refractivity contribution in [3.8, 4) is 0 Å². The van der Waals surface area contributed by atoms with Crippen LogP contribution in [0.2, 0.25) is 0 Å². The fourth-order valence-corrected chi connectivity index (χ4v) is 5.57. The zero-order chi connectivity index (χ0) is 19.9. The molecular formula is C21H22N2O4S. The monoisotopic (exact) mass is 398 g/mol. The molecule has 28 heavy (non-hydrogen) atoms. The molecule has 2 heterocycles. The number of hydrogen-bond acceptors (Lipinski definition) is 5. The van der Waals surface area contributed by atoms with Gasteiger partial charge in [0.25, 0.3) is 5.91 Å². The van der Waals surface area contributed by atoms with Gasteiger partial charge in [0, 0.05) is 42.9 Å². The Bertz CT molecular complexity index is 1050. The number of nitrogens with zero attached hydrogens (tertiary/aromatic N) is 2. The molecule has 2 aliphatic rings. The van der Waals surface area contributed by atoms with Gasteiger partial charge in [-0.15, -0.1) is 0 Å². The Morgan fingerprint density at radius 2 is 1.64 bits per heavy atom. The fourth-order valence-electron chi connectivity index (χ4n) is 3.89. The summed E-state index contributed by atoms with van der Waals surface area (Å²) in [6.45, 7) is 6.00. The van der Waals surface area contributed by atoms with Gasteiger partial charge in [-0.2, -0.15) is 0 Å². The molecule has 0 spiro atoms. The van der Waals surface area contributed by atoms with Crippen molar-refractivity contribution in [2.75, 3.05) is 32.7 Å². The van der Waals surface area contributed by atoms with E-state index in [0.29, 0.717) is 18.7 Å². The molecule has 0 atom stereocenters. The van der Waals surface area contributed by atoms with Crippen LogP contribution in [0.4, 0.5) is 0 Å². The second-order valence-electron chi connectivity index (χ2n) is 7.17. The van der Waals surface area contributed by atoms with Crippen molar-refractivity contribution in [1.29, 1.82) is 0 Å². The first kappa shape index (κ1) is 18.8. The van der Waals surface area contributed by atoms with Gasteiger partial charge in [-0.1, -0.05) is 19.1 Å². The average molecular weight is 398 g/mol. The number of benzene rings is 2. The minimum absolute atomic E-state index is 0.00489. The van der Waals surface area contributed by atoms with Crippen molar-refractivity contribution in [1.82, 2.24) is 9.80 Å². The number of rotatable bonds is 3. The van der Waals surface area contributed by atoms with Crippen LogP contribution in [0.1, 0.15) is 39.6 Å². The molecular weight excluding hydrogens is 376 g/mol. The molecule has 6 nitrogen and oxygen atoms in total. The predicted octanol–water partition coefficient (Wildman–Crippen LogP) is 2.23. The first-order valence-corrected chi connectivity index (χ1v) is 11.0. The van der Waals surface area contributed by atoms with Crippen LogP contribution < -0.4 is 0 Å². The molecule has 0 aliphatic carbocycles. The Kier molecular flexibility index (Phi) is 4.81. The zero-order valence-electron chi connectivity index (χ0n) is 15.7. The first-order chi connectivity index (χ1) is 13.4. The van der Waals surface area contributed by atoms with E-state index in [0.717, 1.165) is 26.1 Å². The lowest BCUT2D eigenvalue weighted by Gasteiger charge is -2.34. The molecule has 2 aromatic carbocycles. The topological polar surface area (TPSA) is 74.8 Å². The Morgan fingerprint density at radius 1 is 0.964 bits per heavy atom. The number of piperazine rings is 1. The molecule has 1 amide bonds. The van der Waals surface area contributed by atoms with Crippen molar-refractivity contribution in [2.24, 2.45) is 0 Å². The van der Waals surface area contributed by atoms with Gasteiger partial charge < -0.3 is 4.90 Å². The highest BCUT2D eigenvalue weighted by atomic mass is 32.2. The highest BCUT2D eigenvalue weighted by Crippen LogP contribution is 2.35. The number of amides is 1. The Hall–Kier alpha value is -2.51. The van der Waals surface area contributed by atoms with Crippen molar-refractivity contribution < 1.29 is 18.0 Å². The minimum atomic E-state index is -3.84. The van der Waals surface area contributed by atoms with Gasteiger partial charge in [0.15, 0.2) is 5.78 Å². The number of carbonyl (C=O) groups excluding carboxylic acids is 2. The molecule has 0 unspecified atom stereocenters. The molecule has 2 aromatic rings. The third-order valence-electron chi connectivity index (χ3n) is 5.38. The lowest BCUT2D eigenvalue weighted by atomic mass is 10.0. The molecule has 2 aliphatic heterocycles. The maximum absolute atomic E-state index is 13.0. The molecule has 0 aromatic heterocycles. The SMILES string of the molecule is CCCN1CCN(C(=O)c2ccc3c(c2)S(=O)(=O)c2ccccc2C3=O)CC1. The average Bonchev–Trinajstić information content (AvgIpc) is 2.72. The van der Waals surface area contributed by atoms with E-state index in [-0.39, 0.29) is 32.6 Å². The van der Waals surface area contributed by atoms with E-state index in [1.54, 1.807) is 23.1 Å². The van der Waals surface area contributed by atoms with E-state index < -0.39 is 9.84 Å². The van der Waals surface area contributed by atoms with Gasteiger partial charge in [-0.25, -0.2) is 8.42 Å². The second kappa shape index (κ2) is 7.14. The fraction of sp³-hybridized carbons (Fsp3) is 0.333. The Labute approximate surface area is 164 Å². The number of hydrogen-bond donors (Lipinski definition) is 0. The van der Waals surface area contributed by atoms with Gasteiger partial charge in [-0.3, -0.25) is 14.5 Å². The van der Waals surface area contributed by atoms with Crippen LogP contribution >= 0.6 is 0 Å². The molecule has 1 fully saturated rings. The van der Waals surface area contributed by atoms with Gasteiger partial charge in [0.2, 0.25) is 9.84 Å². The van der Waals surface area contributed by atoms with Crippen LogP contribution in [0.15, 0.2) is 52.3 Å². The summed E-state index contributed by atoms with van der Waals surface area (Å²) in [5.41, 5.74) is 0.614. The molecule has 1 saturated heterocycles. The molecule has 7 heteroatoms. The molecule has 146 valence electrons. The van der Waals surface area contributed by atoms with Crippen LogP contribution in [0.3, 0.4) is 0 Å². The van der Waals surface area contributed by atoms with Gasteiger partial charge in [0.05, 0.1) is 9.79 Å². The van der Waals surface area contributed by atoms with Crippen molar-refractivity contribution in [2.45, 2.75) is 23.1 Å². The van der Waals surface area contributed by atoms with Crippen LogP contribution in [-0.4, -0.2) is 62.6 Å². The third-order valence-corrected chi connectivity index (χ3v) is 7.24. The van der Waals surface area contributed by atoms with Crippen molar-refractivity contribution in [3.63, 3.8) is 0 Å².